The summed E-state index contributed by atoms with van der Waals surface area (Å²) in [6.07, 6.45) is 0.0939. The molecule has 0 heterocycles. The molecule has 2 atom stereocenters. The second-order valence-electron chi connectivity index (χ2n) is 6.49. The molecule has 0 radical (unpaired) electrons. The highest BCUT2D eigenvalue weighted by atomic mass is 79.9. The molecule has 0 fully saturated rings. The summed E-state index contributed by atoms with van der Waals surface area (Å²) in [7, 11) is 0. The van der Waals surface area contributed by atoms with Gasteiger partial charge in [0.1, 0.15) is 6.04 Å². The Balaban J connectivity index is 1.81. The number of carbonyl (C=O) groups excluding carboxylic acids is 2. The first-order chi connectivity index (χ1) is 13.3. The van der Waals surface area contributed by atoms with Crippen LogP contribution in [0.15, 0.2) is 59.1 Å². The van der Waals surface area contributed by atoms with Crippen LogP contribution in [-0.4, -0.2) is 28.9 Å². The molecule has 2 aromatic rings. The van der Waals surface area contributed by atoms with Crippen LogP contribution in [-0.2, 0) is 20.8 Å². The maximum atomic E-state index is 12.1. The number of aliphatic carboxylic acids is 1. The molecule has 6 nitrogen and oxygen atoms in total. The van der Waals surface area contributed by atoms with Gasteiger partial charge in [0.15, 0.2) is 0 Å². The smallest absolute Gasteiger partial charge is 0.326 e. The molecule has 3 N–H and O–H groups in total. The van der Waals surface area contributed by atoms with Crippen LogP contribution in [0, 0.1) is 0 Å². The lowest BCUT2D eigenvalue weighted by molar-refractivity contribution is -0.141. The molecule has 0 aliphatic carbocycles. The zero-order valence-corrected chi connectivity index (χ0v) is 17.1. The van der Waals surface area contributed by atoms with Gasteiger partial charge in [0.2, 0.25) is 11.8 Å². The van der Waals surface area contributed by atoms with E-state index in [0.29, 0.717) is 0 Å². The molecule has 0 aliphatic rings. The van der Waals surface area contributed by atoms with Gasteiger partial charge < -0.3 is 15.7 Å². The van der Waals surface area contributed by atoms with E-state index in [1.54, 1.807) is 12.1 Å². The number of hydrogen-bond acceptors (Lipinski definition) is 3. The summed E-state index contributed by atoms with van der Waals surface area (Å²) in [6, 6.07) is 15.5. The molecule has 2 amide bonds. The molecule has 0 spiro atoms. The first kappa shape index (κ1) is 21.6. The molecule has 0 aromatic heterocycles. The number of hydrogen-bond donors (Lipinski definition) is 3. The zero-order chi connectivity index (χ0) is 20.5. The summed E-state index contributed by atoms with van der Waals surface area (Å²) in [6.45, 7) is 1.87. The van der Waals surface area contributed by atoms with Crippen molar-refractivity contribution in [3.8, 4) is 0 Å². The Morgan fingerprint density at radius 2 is 1.50 bits per heavy atom. The molecule has 0 unspecified atom stereocenters. The minimum Gasteiger partial charge on any atom is -0.480 e. The van der Waals surface area contributed by atoms with E-state index in [4.69, 9.17) is 0 Å². The third-order valence-electron chi connectivity index (χ3n) is 4.24. The van der Waals surface area contributed by atoms with Gasteiger partial charge in [0, 0.05) is 23.7 Å². The Bertz CT molecular complexity index is 809. The summed E-state index contributed by atoms with van der Waals surface area (Å²) in [5.41, 5.74) is 1.77. The Morgan fingerprint density at radius 3 is 2.07 bits per heavy atom. The second-order valence-corrected chi connectivity index (χ2v) is 7.40. The number of rotatable bonds is 9. The standard InChI is InChI=1S/C21H23BrN2O4/c1-14(16-5-3-2-4-6-16)23-19(25)11-12-20(26)24-18(21(27)28)13-15-7-9-17(22)10-8-15/h2-10,14,18H,11-13H2,1H3,(H,23,25)(H,24,26)(H,27,28)/t14-,18+/m1/s1. The number of amides is 2. The van der Waals surface area contributed by atoms with Crippen LogP contribution in [0.1, 0.15) is 36.9 Å². The Kier molecular flexibility index (Phi) is 8.19. The molecule has 0 saturated heterocycles. The van der Waals surface area contributed by atoms with Crippen LogP contribution < -0.4 is 10.6 Å². The van der Waals surface area contributed by atoms with Crippen molar-refractivity contribution in [2.45, 2.75) is 38.3 Å². The van der Waals surface area contributed by atoms with Gasteiger partial charge in [0.05, 0.1) is 6.04 Å². The molecule has 0 saturated carbocycles. The van der Waals surface area contributed by atoms with E-state index in [1.807, 2.05) is 49.4 Å². The van der Waals surface area contributed by atoms with Gasteiger partial charge in [-0.3, -0.25) is 9.59 Å². The van der Waals surface area contributed by atoms with E-state index in [9.17, 15) is 19.5 Å². The van der Waals surface area contributed by atoms with Gasteiger partial charge in [-0.2, -0.15) is 0 Å². The van der Waals surface area contributed by atoms with Crippen molar-refractivity contribution in [3.05, 3.63) is 70.2 Å². The first-order valence-electron chi connectivity index (χ1n) is 8.96. The summed E-state index contributed by atoms with van der Waals surface area (Å²) in [5.74, 6) is -1.84. The van der Waals surface area contributed by atoms with Gasteiger partial charge in [-0.1, -0.05) is 58.4 Å². The monoisotopic (exact) mass is 446 g/mol. The van der Waals surface area contributed by atoms with Crippen LogP contribution in [0.3, 0.4) is 0 Å². The predicted molar refractivity (Wildman–Crippen MR) is 110 cm³/mol. The van der Waals surface area contributed by atoms with E-state index < -0.39 is 17.9 Å². The largest absolute Gasteiger partial charge is 0.480 e. The van der Waals surface area contributed by atoms with E-state index in [0.717, 1.165) is 15.6 Å². The number of halogens is 1. The number of carboxylic acids is 1. The molecule has 2 rings (SSSR count). The molecular formula is C21H23BrN2O4. The summed E-state index contributed by atoms with van der Waals surface area (Å²) >= 11 is 3.32. The van der Waals surface area contributed by atoms with Crippen LogP contribution in [0.4, 0.5) is 0 Å². The Hall–Kier alpha value is -2.67. The maximum Gasteiger partial charge on any atom is 0.326 e. The normalized spacial score (nSPS) is 12.6. The first-order valence-corrected chi connectivity index (χ1v) is 9.75. The average molecular weight is 447 g/mol. The lowest BCUT2D eigenvalue weighted by atomic mass is 10.1. The Morgan fingerprint density at radius 1 is 0.929 bits per heavy atom. The number of benzene rings is 2. The van der Waals surface area contributed by atoms with Gasteiger partial charge in [-0.25, -0.2) is 4.79 Å². The van der Waals surface area contributed by atoms with Crippen LogP contribution in [0.25, 0.3) is 0 Å². The SMILES string of the molecule is C[C@@H](NC(=O)CCC(=O)N[C@@H](Cc1ccc(Br)cc1)C(=O)O)c1ccccc1. The summed E-state index contributed by atoms with van der Waals surface area (Å²) in [5, 5.41) is 14.7. The van der Waals surface area contributed by atoms with Crippen molar-refractivity contribution in [1.29, 1.82) is 0 Å². The highest BCUT2D eigenvalue weighted by Gasteiger charge is 2.21. The third kappa shape index (κ3) is 7.15. The van der Waals surface area contributed by atoms with E-state index in [1.165, 1.54) is 0 Å². The molecule has 28 heavy (non-hydrogen) atoms. The summed E-state index contributed by atoms with van der Waals surface area (Å²) < 4.78 is 0.892. The van der Waals surface area contributed by atoms with Crippen LogP contribution in [0.5, 0.6) is 0 Å². The minimum atomic E-state index is -1.11. The van der Waals surface area contributed by atoms with Crippen molar-refractivity contribution in [2.75, 3.05) is 0 Å². The molecule has 7 heteroatoms. The van der Waals surface area contributed by atoms with Gasteiger partial charge in [-0.15, -0.1) is 0 Å². The average Bonchev–Trinajstić information content (AvgIpc) is 2.68. The molecule has 0 bridgehead atoms. The fraction of sp³-hybridized carbons (Fsp3) is 0.286. The Labute approximate surface area is 172 Å². The van der Waals surface area contributed by atoms with E-state index in [-0.39, 0.29) is 31.2 Å². The minimum absolute atomic E-state index is 0.00632. The van der Waals surface area contributed by atoms with Crippen molar-refractivity contribution >= 4 is 33.7 Å². The zero-order valence-electron chi connectivity index (χ0n) is 15.5. The van der Waals surface area contributed by atoms with Crippen molar-refractivity contribution in [3.63, 3.8) is 0 Å². The van der Waals surface area contributed by atoms with Crippen molar-refractivity contribution < 1.29 is 19.5 Å². The van der Waals surface area contributed by atoms with Crippen LogP contribution in [0.2, 0.25) is 0 Å². The van der Waals surface area contributed by atoms with Gasteiger partial charge in [0.25, 0.3) is 0 Å². The quantitative estimate of drug-likeness (QED) is 0.550. The van der Waals surface area contributed by atoms with E-state index >= 15 is 0 Å². The second kappa shape index (κ2) is 10.6. The van der Waals surface area contributed by atoms with Crippen LogP contribution >= 0.6 is 15.9 Å². The molecule has 148 valence electrons. The van der Waals surface area contributed by atoms with Crippen molar-refractivity contribution in [1.82, 2.24) is 10.6 Å². The fourth-order valence-electron chi connectivity index (χ4n) is 2.69. The number of nitrogens with one attached hydrogen (secondary N) is 2. The van der Waals surface area contributed by atoms with E-state index in [2.05, 4.69) is 26.6 Å². The van der Waals surface area contributed by atoms with Crippen molar-refractivity contribution in [2.24, 2.45) is 0 Å². The molecule has 0 aliphatic heterocycles. The maximum absolute atomic E-state index is 12.1. The van der Waals surface area contributed by atoms with Gasteiger partial charge in [-0.05, 0) is 30.2 Å². The molecule has 2 aromatic carbocycles. The number of carbonyl (C=O) groups is 3. The topological polar surface area (TPSA) is 95.5 Å². The summed E-state index contributed by atoms with van der Waals surface area (Å²) in [4.78, 5) is 35.6. The lowest BCUT2D eigenvalue weighted by Crippen LogP contribution is -2.42. The highest BCUT2D eigenvalue weighted by Crippen LogP contribution is 2.13. The highest BCUT2D eigenvalue weighted by molar-refractivity contribution is 9.10. The predicted octanol–water partition coefficient (Wildman–Crippen LogP) is 3.22. The third-order valence-corrected chi connectivity index (χ3v) is 4.77. The molecular weight excluding hydrogens is 424 g/mol. The number of carboxylic acid groups (broad SMARTS) is 1. The van der Waals surface area contributed by atoms with Gasteiger partial charge >= 0.3 is 5.97 Å². The fourth-order valence-corrected chi connectivity index (χ4v) is 2.95. The lowest BCUT2D eigenvalue weighted by Gasteiger charge is -2.16.